The lowest BCUT2D eigenvalue weighted by molar-refractivity contribution is -0.115. The lowest BCUT2D eigenvalue weighted by atomic mass is 9.97. The molecule has 1 aliphatic heterocycles. The van der Waals surface area contributed by atoms with E-state index in [-0.39, 0.29) is 23.5 Å². The normalized spacial score (nSPS) is 17.3. The molecule has 9 heteroatoms. The van der Waals surface area contributed by atoms with Crippen LogP contribution in [-0.4, -0.2) is 72.5 Å². The highest BCUT2D eigenvalue weighted by atomic mass is 16.5. The molecule has 2 aromatic rings. The van der Waals surface area contributed by atoms with E-state index in [1.165, 1.54) is 4.90 Å². The number of piperazine rings is 1. The third-order valence-electron chi connectivity index (χ3n) is 7.50. The third kappa shape index (κ3) is 6.46. The molecule has 2 fully saturated rings. The van der Waals surface area contributed by atoms with Crippen molar-refractivity contribution in [2.24, 2.45) is 5.73 Å². The SMILES string of the molecule is CCN1CCN(Cc2ccc(N(C(=N)C(=O)NC3CC3)C(N)c3cc(C(C)C)c(OC)cc3O)cc2)CC1. The van der Waals surface area contributed by atoms with Crippen molar-refractivity contribution in [3.63, 3.8) is 0 Å². The van der Waals surface area contributed by atoms with Crippen LogP contribution in [0, 0.1) is 5.41 Å². The van der Waals surface area contributed by atoms with E-state index in [4.69, 9.17) is 15.9 Å². The Balaban J connectivity index is 1.61. The molecule has 4 rings (SSSR count). The zero-order chi connectivity index (χ0) is 27.4. The van der Waals surface area contributed by atoms with Gasteiger partial charge in [0.1, 0.15) is 17.7 Å². The Morgan fingerprint density at radius 1 is 1.13 bits per heavy atom. The van der Waals surface area contributed by atoms with Gasteiger partial charge in [-0.1, -0.05) is 32.9 Å². The number of aromatic hydroxyl groups is 1. The van der Waals surface area contributed by atoms with E-state index in [0.717, 1.165) is 63.2 Å². The van der Waals surface area contributed by atoms with E-state index >= 15 is 0 Å². The monoisotopic (exact) mass is 522 g/mol. The van der Waals surface area contributed by atoms with Crippen molar-refractivity contribution in [2.45, 2.75) is 58.3 Å². The van der Waals surface area contributed by atoms with Crippen LogP contribution in [0.15, 0.2) is 36.4 Å². The molecule has 38 heavy (non-hydrogen) atoms. The molecular formula is C29H42N6O3. The Morgan fingerprint density at radius 3 is 2.32 bits per heavy atom. The summed E-state index contributed by atoms with van der Waals surface area (Å²) in [6.07, 6.45) is 0.885. The topological polar surface area (TPSA) is 118 Å². The molecular weight excluding hydrogens is 480 g/mol. The van der Waals surface area contributed by atoms with E-state index in [0.29, 0.717) is 17.0 Å². The molecule has 1 heterocycles. The van der Waals surface area contributed by atoms with E-state index in [2.05, 4.69) is 22.0 Å². The first-order chi connectivity index (χ1) is 18.2. The first-order valence-electron chi connectivity index (χ1n) is 13.6. The highest BCUT2D eigenvalue weighted by Gasteiger charge is 2.32. The van der Waals surface area contributed by atoms with Crippen molar-refractivity contribution in [1.29, 1.82) is 5.41 Å². The second-order valence-electron chi connectivity index (χ2n) is 10.6. The van der Waals surface area contributed by atoms with Gasteiger partial charge in [-0.2, -0.15) is 0 Å². The van der Waals surface area contributed by atoms with Gasteiger partial charge in [-0.25, -0.2) is 0 Å². The van der Waals surface area contributed by atoms with Crippen LogP contribution in [0.2, 0.25) is 0 Å². The zero-order valence-electron chi connectivity index (χ0n) is 23.0. The number of carbonyl (C=O) groups excluding carboxylic acids is 1. The number of hydrogen-bond acceptors (Lipinski definition) is 7. The summed E-state index contributed by atoms with van der Waals surface area (Å²) in [6, 6.07) is 11.3. The van der Waals surface area contributed by atoms with Crippen molar-refractivity contribution in [2.75, 3.05) is 44.7 Å². The molecule has 0 bridgehead atoms. The van der Waals surface area contributed by atoms with Gasteiger partial charge in [0.05, 0.1) is 7.11 Å². The molecule has 1 saturated heterocycles. The lowest BCUT2D eigenvalue weighted by Gasteiger charge is -2.34. The fourth-order valence-corrected chi connectivity index (χ4v) is 4.91. The molecule has 9 nitrogen and oxygen atoms in total. The maximum atomic E-state index is 13.0. The van der Waals surface area contributed by atoms with Gasteiger partial charge in [0, 0.05) is 56.1 Å². The Kier molecular flexibility index (Phi) is 8.91. The van der Waals surface area contributed by atoms with Crippen LogP contribution in [-0.2, 0) is 11.3 Å². The van der Waals surface area contributed by atoms with Crippen molar-refractivity contribution in [3.8, 4) is 11.5 Å². The average Bonchev–Trinajstić information content (AvgIpc) is 3.73. The van der Waals surface area contributed by atoms with Crippen molar-refractivity contribution in [1.82, 2.24) is 15.1 Å². The first-order valence-corrected chi connectivity index (χ1v) is 13.6. The summed E-state index contributed by atoms with van der Waals surface area (Å²) in [5.74, 6) is -0.0687. The van der Waals surface area contributed by atoms with Crippen molar-refractivity contribution >= 4 is 17.4 Å². The van der Waals surface area contributed by atoms with Gasteiger partial charge in [-0.15, -0.1) is 0 Å². The number of benzene rings is 2. The van der Waals surface area contributed by atoms with Gasteiger partial charge >= 0.3 is 0 Å². The van der Waals surface area contributed by atoms with Gasteiger partial charge in [0.15, 0.2) is 5.84 Å². The number of likely N-dealkylation sites (N-methyl/N-ethyl adjacent to an activating group) is 1. The number of rotatable bonds is 9. The predicted octanol–water partition coefficient (Wildman–Crippen LogP) is 3.38. The summed E-state index contributed by atoms with van der Waals surface area (Å²) in [7, 11) is 1.57. The highest BCUT2D eigenvalue weighted by Crippen LogP contribution is 2.37. The van der Waals surface area contributed by atoms with E-state index < -0.39 is 12.1 Å². The van der Waals surface area contributed by atoms with Crippen LogP contribution in [0.1, 0.15) is 62.4 Å². The van der Waals surface area contributed by atoms with Crippen LogP contribution >= 0.6 is 0 Å². The number of carbonyl (C=O) groups is 1. The first kappa shape index (κ1) is 27.9. The fourth-order valence-electron chi connectivity index (χ4n) is 4.91. The van der Waals surface area contributed by atoms with Crippen LogP contribution < -0.4 is 20.7 Å². The van der Waals surface area contributed by atoms with Gasteiger partial charge in [-0.3, -0.25) is 15.1 Å². The fraction of sp³-hybridized carbons (Fsp3) is 0.517. The molecule has 206 valence electrons. The molecule has 1 saturated carbocycles. The van der Waals surface area contributed by atoms with Gasteiger partial charge < -0.3 is 30.7 Å². The maximum absolute atomic E-state index is 13.0. The predicted molar refractivity (Wildman–Crippen MR) is 151 cm³/mol. The molecule has 1 atom stereocenters. The van der Waals surface area contributed by atoms with Crippen LogP contribution in [0.3, 0.4) is 0 Å². The van der Waals surface area contributed by atoms with Crippen LogP contribution in [0.25, 0.3) is 0 Å². The summed E-state index contributed by atoms with van der Waals surface area (Å²) in [5, 5.41) is 22.5. The summed E-state index contributed by atoms with van der Waals surface area (Å²) < 4.78 is 5.46. The standard InChI is InChI=1S/C29H42N6O3/c1-5-33-12-14-34(15-13-33)18-20-6-10-22(11-7-20)35(28(31)29(37)32-21-8-9-21)27(30)24-16-23(19(2)3)26(38-4)17-25(24)36/h6-7,10-11,16-17,19,21,27,31,36H,5,8-9,12-15,18,30H2,1-4H3,(H,32,37). The lowest BCUT2D eigenvalue weighted by Crippen LogP contribution is -2.47. The Hall–Kier alpha value is -3.14. The molecule has 2 aromatic carbocycles. The minimum atomic E-state index is -0.955. The Labute approximate surface area is 226 Å². The van der Waals surface area contributed by atoms with Crippen LogP contribution in [0.5, 0.6) is 11.5 Å². The van der Waals surface area contributed by atoms with E-state index in [1.807, 2.05) is 44.2 Å². The largest absolute Gasteiger partial charge is 0.507 e. The maximum Gasteiger partial charge on any atom is 0.286 e. The molecule has 0 spiro atoms. The highest BCUT2D eigenvalue weighted by molar-refractivity contribution is 6.42. The third-order valence-corrected chi connectivity index (χ3v) is 7.50. The number of phenolic OH excluding ortho intramolecular Hbond substituents is 1. The Bertz CT molecular complexity index is 1120. The molecule has 1 amide bonds. The zero-order valence-corrected chi connectivity index (χ0v) is 23.0. The Morgan fingerprint density at radius 2 is 1.76 bits per heavy atom. The summed E-state index contributed by atoms with van der Waals surface area (Å²) in [6.45, 7) is 12.4. The summed E-state index contributed by atoms with van der Waals surface area (Å²) in [5.41, 5.74) is 9.82. The summed E-state index contributed by atoms with van der Waals surface area (Å²) >= 11 is 0. The number of amides is 1. The molecule has 1 aliphatic carbocycles. The number of amidine groups is 1. The number of nitrogens with two attached hydrogens (primary N) is 1. The number of phenols is 1. The second-order valence-corrected chi connectivity index (χ2v) is 10.6. The van der Waals surface area contributed by atoms with Gasteiger partial charge in [0.25, 0.3) is 5.91 Å². The smallest absolute Gasteiger partial charge is 0.286 e. The minimum Gasteiger partial charge on any atom is -0.507 e. The molecule has 5 N–H and O–H groups in total. The van der Waals surface area contributed by atoms with E-state index in [9.17, 15) is 9.90 Å². The molecule has 1 unspecified atom stereocenters. The average molecular weight is 523 g/mol. The van der Waals surface area contributed by atoms with Gasteiger partial charge in [-0.05, 0) is 54.6 Å². The number of ether oxygens (including phenoxy) is 1. The number of nitrogens with zero attached hydrogens (tertiary/aromatic N) is 3. The summed E-state index contributed by atoms with van der Waals surface area (Å²) in [4.78, 5) is 19.4. The van der Waals surface area contributed by atoms with Gasteiger partial charge in [0.2, 0.25) is 0 Å². The number of anilines is 1. The number of methoxy groups -OCH3 is 1. The number of nitrogens with one attached hydrogen (secondary N) is 2. The second kappa shape index (κ2) is 12.1. The van der Waals surface area contributed by atoms with E-state index in [1.54, 1.807) is 13.2 Å². The molecule has 0 radical (unpaired) electrons. The number of hydrogen-bond donors (Lipinski definition) is 4. The van der Waals surface area contributed by atoms with Crippen molar-refractivity contribution < 1.29 is 14.6 Å². The van der Waals surface area contributed by atoms with Crippen molar-refractivity contribution in [3.05, 3.63) is 53.1 Å². The molecule has 0 aromatic heterocycles. The molecule has 2 aliphatic rings. The minimum absolute atomic E-state index is 0.0398. The quantitative estimate of drug-likeness (QED) is 0.227. The van der Waals surface area contributed by atoms with Crippen LogP contribution in [0.4, 0.5) is 5.69 Å².